The lowest BCUT2D eigenvalue weighted by Gasteiger charge is -2.28. The number of aryl methyl sites for hydroxylation is 1. The summed E-state index contributed by atoms with van der Waals surface area (Å²) in [6.07, 6.45) is 3.69. The maximum atomic E-state index is 6.09. The summed E-state index contributed by atoms with van der Waals surface area (Å²) in [5.41, 5.74) is 12.8. The van der Waals surface area contributed by atoms with Crippen molar-refractivity contribution in [3.63, 3.8) is 0 Å². The van der Waals surface area contributed by atoms with Crippen LogP contribution in [0.15, 0.2) is 48.7 Å². The average molecular weight is 441 g/mol. The monoisotopic (exact) mass is 440 g/mol. The smallest absolute Gasteiger partial charge is 0.221 e. The van der Waals surface area contributed by atoms with Gasteiger partial charge in [0.2, 0.25) is 5.95 Å². The van der Waals surface area contributed by atoms with E-state index >= 15 is 0 Å². The molecule has 9 nitrogen and oxygen atoms in total. The number of fused-ring (bicyclic) bond motifs is 3. The van der Waals surface area contributed by atoms with Crippen LogP contribution in [-0.4, -0.2) is 56.2 Å². The molecule has 4 heterocycles. The fourth-order valence-corrected chi connectivity index (χ4v) is 4.58. The first-order valence-electron chi connectivity index (χ1n) is 11.2. The van der Waals surface area contributed by atoms with Crippen LogP contribution < -0.4 is 10.6 Å². The molecule has 0 saturated carbocycles. The van der Waals surface area contributed by atoms with E-state index in [-0.39, 0.29) is 5.95 Å². The molecule has 1 fully saturated rings. The van der Waals surface area contributed by atoms with Crippen molar-refractivity contribution in [3.8, 4) is 22.6 Å². The van der Waals surface area contributed by atoms with Gasteiger partial charge in [-0.05, 0) is 30.5 Å². The highest BCUT2D eigenvalue weighted by Crippen LogP contribution is 2.36. The highest BCUT2D eigenvalue weighted by Gasteiger charge is 2.24. The molecule has 0 radical (unpaired) electrons. The molecule has 0 amide bonds. The number of morpholine rings is 1. The molecule has 6 rings (SSSR count). The number of aromatic nitrogens is 6. The van der Waals surface area contributed by atoms with Crippen LogP contribution in [0.4, 0.5) is 11.8 Å². The summed E-state index contributed by atoms with van der Waals surface area (Å²) >= 11 is 0. The number of rotatable bonds is 4. The summed E-state index contributed by atoms with van der Waals surface area (Å²) in [6.45, 7) is 3.70. The third kappa shape index (κ3) is 3.80. The van der Waals surface area contributed by atoms with Gasteiger partial charge in [0.15, 0.2) is 0 Å². The molecule has 4 aromatic rings. The molecular formula is C24H24N8O. The maximum Gasteiger partial charge on any atom is 0.221 e. The van der Waals surface area contributed by atoms with Gasteiger partial charge >= 0.3 is 0 Å². The number of pyridine rings is 1. The molecule has 2 aliphatic rings. The molecule has 0 unspecified atom stereocenters. The Labute approximate surface area is 191 Å². The summed E-state index contributed by atoms with van der Waals surface area (Å²) in [4.78, 5) is 16.2. The number of hydrogen-bond acceptors (Lipinski definition) is 8. The molecule has 1 saturated heterocycles. The third-order valence-electron chi connectivity index (χ3n) is 6.17. The molecule has 1 aliphatic carbocycles. The summed E-state index contributed by atoms with van der Waals surface area (Å²) in [6, 6.07) is 14.4. The highest BCUT2D eigenvalue weighted by molar-refractivity contribution is 5.76. The number of nitrogens with zero attached hydrogens (tertiary/aromatic N) is 7. The summed E-state index contributed by atoms with van der Waals surface area (Å²) in [5, 5.41) is 8.76. The SMILES string of the molecule is Nc1nc(-c2cn(Cc3cccc(N4CCOCC4)n3)nn2)c2c(n1)-c1ccccc1CC2. The van der Waals surface area contributed by atoms with Gasteiger partial charge in [0.25, 0.3) is 0 Å². The van der Waals surface area contributed by atoms with Gasteiger partial charge < -0.3 is 15.4 Å². The van der Waals surface area contributed by atoms with E-state index in [0.717, 1.165) is 73.2 Å². The van der Waals surface area contributed by atoms with E-state index in [4.69, 9.17) is 15.5 Å². The first kappa shape index (κ1) is 19.8. The molecule has 0 spiro atoms. The minimum Gasteiger partial charge on any atom is -0.378 e. The normalized spacial score (nSPS) is 15.2. The molecule has 1 aromatic carbocycles. The van der Waals surface area contributed by atoms with Gasteiger partial charge in [-0.1, -0.05) is 35.5 Å². The zero-order valence-electron chi connectivity index (χ0n) is 18.2. The van der Waals surface area contributed by atoms with Crippen LogP contribution in [0.25, 0.3) is 22.6 Å². The number of hydrogen-bond donors (Lipinski definition) is 1. The van der Waals surface area contributed by atoms with Gasteiger partial charge in [0.05, 0.1) is 37.3 Å². The molecule has 2 N–H and O–H groups in total. The number of nitrogen functional groups attached to an aromatic ring is 1. The Kier molecular flexibility index (Phi) is 4.95. The lowest BCUT2D eigenvalue weighted by Crippen LogP contribution is -2.36. The molecular weight excluding hydrogens is 416 g/mol. The van der Waals surface area contributed by atoms with Crippen LogP contribution in [0.5, 0.6) is 0 Å². The first-order chi connectivity index (χ1) is 16.2. The minimum atomic E-state index is 0.245. The number of anilines is 2. The maximum absolute atomic E-state index is 6.09. The number of benzene rings is 1. The quantitative estimate of drug-likeness (QED) is 0.515. The molecule has 1 aliphatic heterocycles. The molecule has 33 heavy (non-hydrogen) atoms. The van der Waals surface area contributed by atoms with Gasteiger partial charge in [-0.2, -0.15) is 0 Å². The Morgan fingerprint density at radius 3 is 2.67 bits per heavy atom. The minimum absolute atomic E-state index is 0.245. The van der Waals surface area contributed by atoms with E-state index < -0.39 is 0 Å². The van der Waals surface area contributed by atoms with Gasteiger partial charge in [-0.25, -0.2) is 19.6 Å². The van der Waals surface area contributed by atoms with Crippen molar-refractivity contribution in [1.29, 1.82) is 0 Å². The Bertz CT molecular complexity index is 1310. The first-order valence-corrected chi connectivity index (χ1v) is 11.2. The summed E-state index contributed by atoms with van der Waals surface area (Å²) < 4.78 is 7.24. The molecule has 166 valence electrons. The van der Waals surface area contributed by atoms with E-state index in [0.29, 0.717) is 12.2 Å². The van der Waals surface area contributed by atoms with Crippen LogP contribution in [0.1, 0.15) is 16.8 Å². The van der Waals surface area contributed by atoms with Crippen molar-refractivity contribution in [2.24, 2.45) is 0 Å². The van der Waals surface area contributed by atoms with Gasteiger partial charge in [0, 0.05) is 24.2 Å². The summed E-state index contributed by atoms with van der Waals surface area (Å²) in [7, 11) is 0. The predicted octanol–water partition coefficient (Wildman–Crippen LogP) is 2.36. The van der Waals surface area contributed by atoms with Crippen molar-refractivity contribution in [1.82, 2.24) is 29.9 Å². The van der Waals surface area contributed by atoms with Gasteiger partial charge in [0.1, 0.15) is 17.2 Å². The van der Waals surface area contributed by atoms with Crippen molar-refractivity contribution in [2.75, 3.05) is 36.9 Å². The average Bonchev–Trinajstić information content (AvgIpc) is 3.32. The highest BCUT2D eigenvalue weighted by atomic mass is 16.5. The van der Waals surface area contributed by atoms with E-state index in [1.165, 1.54) is 5.56 Å². The topological polar surface area (TPSA) is 108 Å². The predicted molar refractivity (Wildman–Crippen MR) is 125 cm³/mol. The Morgan fingerprint density at radius 2 is 1.76 bits per heavy atom. The van der Waals surface area contributed by atoms with Crippen LogP contribution in [0.2, 0.25) is 0 Å². The van der Waals surface area contributed by atoms with Crippen LogP contribution in [0.3, 0.4) is 0 Å². The zero-order chi connectivity index (χ0) is 22.2. The van der Waals surface area contributed by atoms with Crippen molar-refractivity contribution < 1.29 is 4.74 Å². The van der Waals surface area contributed by atoms with Crippen molar-refractivity contribution in [2.45, 2.75) is 19.4 Å². The molecule has 0 bridgehead atoms. The van der Waals surface area contributed by atoms with E-state index in [9.17, 15) is 0 Å². The van der Waals surface area contributed by atoms with Crippen LogP contribution >= 0.6 is 0 Å². The molecule has 0 atom stereocenters. The van der Waals surface area contributed by atoms with Crippen molar-refractivity contribution in [3.05, 3.63) is 65.5 Å². The van der Waals surface area contributed by atoms with Crippen LogP contribution in [-0.2, 0) is 24.1 Å². The van der Waals surface area contributed by atoms with Gasteiger partial charge in [-0.3, -0.25) is 0 Å². The Balaban J connectivity index is 1.30. The van der Waals surface area contributed by atoms with E-state index in [1.54, 1.807) is 4.68 Å². The molecule has 9 heteroatoms. The lowest BCUT2D eigenvalue weighted by atomic mass is 9.88. The second-order valence-corrected chi connectivity index (χ2v) is 8.30. The second-order valence-electron chi connectivity index (χ2n) is 8.30. The largest absolute Gasteiger partial charge is 0.378 e. The van der Waals surface area contributed by atoms with Gasteiger partial charge in [-0.15, -0.1) is 5.10 Å². The fraction of sp³-hybridized carbons (Fsp3) is 0.292. The van der Waals surface area contributed by atoms with E-state index in [1.807, 2.05) is 30.5 Å². The Morgan fingerprint density at radius 1 is 0.909 bits per heavy atom. The van der Waals surface area contributed by atoms with Crippen LogP contribution in [0, 0.1) is 0 Å². The zero-order valence-corrected chi connectivity index (χ0v) is 18.2. The lowest BCUT2D eigenvalue weighted by molar-refractivity contribution is 0.122. The second kappa shape index (κ2) is 8.25. The third-order valence-corrected chi connectivity index (χ3v) is 6.17. The van der Waals surface area contributed by atoms with Crippen molar-refractivity contribution >= 4 is 11.8 Å². The fourth-order valence-electron chi connectivity index (χ4n) is 4.58. The molecule has 3 aromatic heterocycles. The number of ether oxygens (including phenoxy) is 1. The standard InChI is InChI=1S/C24H24N8O/c25-24-27-22-18-6-2-1-4-16(18)8-9-19(22)23(28-24)20-15-32(30-29-20)14-17-5-3-7-21(26-17)31-10-12-33-13-11-31/h1-7,15H,8-14H2,(H2,25,27,28). The number of nitrogens with two attached hydrogens (primary N) is 1. The Hall–Kier alpha value is -3.85. The summed E-state index contributed by atoms with van der Waals surface area (Å²) in [5.74, 6) is 1.21. The van der Waals surface area contributed by atoms with E-state index in [2.05, 4.69) is 43.4 Å².